The third-order valence-electron chi connectivity index (χ3n) is 3.86. The number of rotatable bonds is 5. The highest BCUT2D eigenvalue weighted by Gasteiger charge is 2.08. The van der Waals surface area contributed by atoms with Crippen LogP contribution in [0.25, 0.3) is 16.8 Å². The number of primary amides is 1. The van der Waals surface area contributed by atoms with Crippen LogP contribution in [0.2, 0.25) is 0 Å². The molecule has 3 rings (SSSR count). The van der Waals surface area contributed by atoms with Crippen LogP contribution < -0.4 is 5.73 Å². The first-order chi connectivity index (χ1) is 11.7. The molecular weight excluding hydrogens is 300 g/mol. The van der Waals surface area contributed by atoms with Gasteiger partial charge in [-0.1, -0.05) is 18.2 Å². The molecule has 0 spiro atoms. The van der Waals surface area contributed by atoms with Gasteiger partial charge in [0.05, 0.1) is 18.0 Å². The summed E-state index contributed by atoms with van der Waals surface area (Å²) in [6, 6.07) is 15.7. The average molecular weight is 316 g/mol. The molecule has 1 aromatic heterocycles. The number of aryl methyl sites for hydroxylation is 1. The average Bonchev–Trinajstić information content (AvgIpc) is 3.14. The molecule has 118 valence electrons. The summed E-state index contributed by atoms with van der Waals surface area (Å²) in [5, 5.41) is 9.09. The van der Waals surface area contributed by atoms with Crippen molar-refractivity contribution in [2.24, 2.45) is 5.73 Å². The topological polar surface area (TPSA) is 84.7 Å². The highest BCUT2D eigenvalue weighted by molar-refractivity contribution is 5.75. The van der Waals surface area contributed by atoms with E-state index in [2.05, 4.69) is 11.1 Å². The van der Waals surface area contributed by atoms with Gasteiger partial charge in [-0.3, -0.25) is 4.79 Å². The molecule has 3 aromatic rings. The zero-order chi connectivity index (χ0) is 16.9. The summed E-state index contributed by atoms with van der Waals surface area (Å²) in [7, 11) is 0. The van der Waals surface area contributed by atoms with E-state index >= 15 is 0 Å². The van der Waals surface area contributed by atoms with Crippen molar-refractivity contribution in [1.82, 2.24) is 9.55 Å². The van der Waals surface area contributed by atoms with Crippen LogP contribution in [0, 0.1) is 11.3 Å². The molecule has 0 fully saturated rings. The summed E-state index contributed by atoms with van der Waals surface area (Å²) in [5.74, 6) is -0.348. The van der Waals surface area contributed by atoms with E-state index in [1.54, 1.807) is 18.6 Å². The second kappa shape index (κ2) is 6.80. The summed E-state index contributed by atoms with van der Waals surface area (Å²) in [5.41, 5.74) is 9.84. The summed E-state index contributed by atoms with van der Waals surface area (Å²) in [4.78, 5) is 15.1. The fraction of sp³-hybridized carbons (Fsp3) is 0.105. The van der Waals surface area contributed by atoms with Gasteiger partial charge in [-0.25, -0.2) is 4.98 Å². The number of nitriles is 1. The summed E-state index contributed by atoms with van der Waals surface area (Å²) >= 11 is 0. The van der Waals surface area contributed by atoms with E-state index in [0.29, 0.717) is 12.0 Å². The SMILES string of the molecule is N#Cc1ccc(-c2ccc(-n3ccnc3)cc2)c(CCC(N)=O)c1. The Morgan fingerprint density at radius 3 is 2.62 bits per heavy atom. The molecule has 2 N–H and O–H groups in total. The quantitative estimate of drug-likeness (QED) is 0.785. The molecule has 1 heterocycles. The highest BCUT2D eigenvalue weighted by atomic mass is 16.1. The van der Waals surface area contributed by atoms with E-state index in [1.165, 1.54) is 0 Å². The van der Waals surface area contributed by atoms with Gasteiger partial charge in [0.2, 0.25) is 5.91 Å². The zero-order valence-electron chi connectivity index (χ0n) is 13.0. The lowest BCUT2D eigenvalue weighted by Crippen LogP contribution is -2.11. The van der Waals surface area contributed by atoms with Crippen molar-refractivity contribution in [3.05, 3.63) is 72.3 Å². The number of aromatic nitrogens is 2. The second-order valence-electron chi connectivity index (χ2n) is 5.47. The molecule has 0 aliphatic heterocycles. The Balaban J connectivity index is 1.95. The molecule has 0 unspecified atom stereocenters. The molecule has 0 saturated heterocycles. The van der Waals surface area contributed by atoms with E-state index < -0.39 is 0 Å². The fourth-order valence-corrected chi connectivity index (χ4v) is 2.63. The third-order valence-corrected chi connectivity index (χ3v) is 3.86. The van der Waals surface area contributed by atoms with E-state index in [0.717, 1.165) is 22.4 Å². The van der Waals surface area contributed by atoms with Gasteiger partial charge in [-0.15, -0.1) is 0 Å². The maximum Gasteiger partial charge on any atom is 0.217 e. The van der Waals surface area contributed by atoms with Crippen LogP contribution in [-0.2, 0) is 11.2 Å². The predicted molar refractivity (Wildman–Crippen MR) is 91.2 cm³/mol. The molecule has 1 amide bonds. The molecule has 0 radical (unpaired) electrons. The number of benzene rings is 2. The predicted octanol–water partition coefficient (Wildman–Crippen LogP) is 2.83. The molecule has 0 bridgehead atoms. The lowest BCUT2D eigenvalue weighted by Gasteiger charge is -2.11. The number of carbonyl (C=O) groups is 1. The first kappa shape index (κ1) is 15.5. The van der Waals surface area contributed by atoms with Crippen LogP contribution in [0.3, 0.4) is 0 Å². The van der Waals surface area contributed by atoms with Crippen LogP contribution in [-0.4, -0.2) is 15.5 Å². The number of hydrogen-bond acceptors (Lipinski definition) is 3. The molecule has 0 aliphatic carbocycles. The van der Waals surface area contributed by atoms with Gasteiger partial charge in [0.15, 0.2) is 0 Å². The standard InChI is InChI=1S/C19H16N4O/c20-12-14-1-7-18(16(11-14)4-8-19(21)24)15-2-5-17(6-3-15)23-10-9-22-13-23/h1-3,5-7,9-11,13H,4,8H2,(H2,21,24). The third kappa shape index (κ3) is 3.33. The van der Waals surface area contributed by atoms with Crippen LogP contribution >= 0.6 is 0 Å². The number of hydrogen-bond donors (Lipinski definition) is 1. The van der Waals surface area contributed by atoms with Gasteiger partial charge in [-0.05, 0) is 47.4 Å². The highest BCUT2D eigenvalue weighted by Crippen LogP contribution is 2.27. The smallest absolute Gasteiger partial charge is 0.217 e. The van der Waals surface area contributed by atoms with Crippen LogP contribution in [0.5, 0.6) is 0 Å². The minimum atomic E-state index is -0.348. The largest absolute Gasteiger partial charge is 0.370 e. The summed E-state index contributed by atoms with van der Waals surface area (Å²) < 4.78 is 1.93. The van der Waals surface area contributed by atoms with Crippen molar-refractivity contribution in [2.45, 2.75) is 12.8 Å². The van der Waals surface area contributed by atoms with Gasteiger partial charge >= 0.3 is 0 Å². The van der Waals surface area contributed by atoms with Crippen molar-refractivity contribution in [1.29, 1.82) is 5.26 Å². The molecular formula is C19H16N4O. The van der Waals surface area contributed by atoms with E-state index in [9.17, 15) is 4.79 Å². The molecule has 24 heavy (non-hydrogen) atoms. The van der Waals surface area contributed by atoms with Gasteiger partial charge in [-0.2, -0.15) is 5.26 Å². The first-order valence-corrected chi connectivity index (χ1v) is 7.57. The first-order valence-electron chi connectivity index (χ1n) is 7.57. The number of nitrogens with two attached hydrogens (primary N) is 1. The minimum Gasteiger partial charge on any atom is -0.370 e. The van der Waals surface area contributed by atoms with Crippen LogP contribution in [0.15, 0.2) is 61.2 Å². The Morgan fingerprint density at radius 2 is 2.00 bits per heavy atom. The van der Waals surface area contributed by atoms with Crippen molar-refractivity contribution >= 4 is 5.91 Å². The molecule has 2 aromatic carbocycles. The molecule has 5 nitrogen and oxygen atoms in total. The van der Waals surface area contributed by atoms with Crippen LogP contribution in [0.1, 0.15) is 17.5 Å². The van der Waals surface area contributed by atoms with Crippen molar-refractivity contribution in [2.75, 3.05) is 0 Å². The number of imidazole rings is 1. The Morgan fingerprint density at radius 1 is 1.21 bits per heavy atom. The molecule has 0 atom stereocenters. The maximum absolute atomic E-state index is 11.1. The molecule has 0 aliphatic rings. The van der Waals surface area contributed by atoms with Gasteiger partial charge in [0.25, 0.3) is 0 Å². The Kier molecular flexibility index (Phi) is 4.39. The number of carbonyl (C=O) groups excluding carboxylic acids is 1. The Hall–Kier alpha value is -3.39. The maximum atomic E-state index is 11.1. The van der Waals surface area contributed by atoms with Crippen molar-refractivity contribution in [3.63, 3.8) is 0 Å². The lowest BCUT2D eigenvalue weighted by molar-refractivity contribution is -0.117. The molecule has 0 saturated carbocycles. The van der Waals surface area contributed by atoms with Crippen molar-refractivity contribution < 1.29 is 4.79 Å². The number of amides is 1. The monoisotopic (exact) mass is 316 g/mol. The van der Waals surface area contributed by atoms with Crippen LogP contribution in [0.4, 0.5) is 0 Å². The Labute approximate surface area is 140 Å². The zero-order valence-corrected chi connectivity index (χ0v) is 13.0. The van der Waals surface area contributed by atoms with E-state index in [-0.39, 0.29) is 12.3 Å². The van der Waals surface area contributed by atoms with Crippen molar-refractivity contribution in [3.8, 4) is 22.9 Å². The summed E-state index contributed by atoms with van der Waals surface area (Å²) in [6.45, 7) is 0. The lowest BCUT2D eigenvalue weighted by atomic mass is 9.94. The molecule has 5 heteroatoms. The fourth-order valence-electron chi connectivity index (χ4n) is 2.63. The van der Waals surface area contributed by atoms with Gasteiger partial charge in [0.1, 0.15) is 0 Å². The number of nitrogens with zero attached hydrogens (tertiary/aromatic N) is 3. The normalized spacial score (nSPS) is 10.3. The van der Waals surface area contributed by atoms with Gasteiger partial charge < -0.3 is 10.3 Å². The van der Waals surface area contributed by atoms with E-state index in [1.807, 2.05) is 47.2 Å². The Bertz CT molecular complexity index is 890. The van der Waals surface area contributed by atoms with Gasteiger partial charge in [0, 0.05) is 24.5 Å². The minimum absolute atomic E-state index is 0.259. The second-order valence-corrected chi connectivity index (χ2v) is 5.47. The summed E-state index contributed by atoms with van der Waals surface area (Å²) in [6.07, 6.45) is 6.14. The van der Waals surface area contributed by atoms with E-state index in [4.69, 9.17) is 11.0 Å².